The molecule has 1 atom stereocenters. The van der Waals surface area contributed by atoms with Gasteiger partial charge in [-0.2, -0.15) is 0 Å². The van der Waals surface area contributed by atoms with Crippen LogP contribution in [0.5, 0.6) is 0 Å². The summed E-state index contributed by atoms with van der Waals surface area (Å²) in [6.45, 7) is 5.16. The number of ether oxygens (including phenoxy) is 1. The fourth-order valence-corrected chi connectivity index (χ4v) is 2.31. The molecular weight excluding hydrogens is 190 g/mol. The number of cyclic esters (lactones) is 1. The second kappa shape index (κ2) is 4.25. The average Bonchev–Trinajstić information content (AvgIpc) is 2.16. The first-order valence-electron chi connectivity index (χ1n) is 5.84. The van der Waals surface area contributed by atoms with Crippen LogP contribution in [0.1, 0.15) is 39.5 Å². The molecule has 0 radical (unpaired) electrons. The van der Waals surface area contributed by atoms with Gasteiger partial charge in [-0.15, -0.1) is 0 Å². The van der Waals surface area contributed by atoms with E-state index in [1.54, 1.807) is 4.90 Å². The predicted octanol–water partition coefficient (Wildman–Crippen LogP) is 2.92. The Morgan fingerprint density at radius 1 is 1.60 bits per heavy atom. The summed E-state index contributed by atoms with van der Waals surface area (Å²) >= 11 is 0. The highest BCUT2D eigenvalue weighted by molar-refractivity contribution is 5.71. The molecule has 1 unspecified atom stereocenters. The number of carbonyl (C=O) groups is 1. The normalized spacial score (nSPS) is 26.1. The SMILES string of the molecule is CC(C)CC1CC2=CCCCN2C(=O)O1. The molecule has 0 N–H and O–H groups in total. The lowest BCUT2D eigenvalue weighted by Crippen LogP contribution is -2.42. The quantitative estimate of drug-likeness (QED) is 0.699. The Hall–Kier alpha value is -0.990. The van der Waals surface area contributed by atoms with Crippen molar-refractivity contribution < 1.29 is 9.53 Å². The average molecular weight is 209 g/mol. The van der Waals surface area contributed by atoms with Crippen molar-refractivity contribution in [1.29, 1.82) is 0 Å². The lowest BCUT2D eigenvalue weighted by Gasteiger charge is -2.36. The summed E-state index contributed by atoms with van der Waals surface area (Å²) in [4.78, 5) is 13.5. The monoisotopic (exact) mass is 209 g/mol. The number of amides is 1. The third-order valence-corrected chi connectivity index (χ3v) is 2.97. The van der Waals surface area contributed by atoms with E-state index in [1.807, 2.05) is 0 Å². The van der Waals surface area contributed by atoms with E-state index in [0.717, 1.165) is 32.2 Å². The Morgan fingerprint density at radius 2 is 2.40 bits per heavy atom. The number of carbonyl (C=O) groups excluding carboxylic acids is 1. The Labute approximate surface area is 91.1 Å². The minimum absolute atomic E-state index is 0.0955. The van der Waals surface area contributed by atoms with Crippen molar-refractivity contribution in [3.05, 3.63) is 11.8 Å². The maximum absolute atomic E-state index is 11.7. The molecule has 0 spiro atoms. The summed E-state index contributed by atoms with van der Waals surface area (Å²) in [6.07, 6.45) is 6.19. The molecule has 2 rings (SSSR count). The van der Waals surface area contributed by atoms with Crippen LogP contribution in [0.25, 0.3) is 0 Å². The Morgan fingerprint density at radius 3 is 3.13 bits per heavy atom. The van der Waals surface area contributed by atoms with Gasteiger partial charge in [-0.25, -0.2) is 4.79 Å². The number of hydrogen-bond acceptors (Lipinski definition) is 2. The first kappa shape index (κ1) is 10.5. The van der Waals surface area contributed by atoms with Gasteiger partial charge in [0, 0.05) is 18.7 Å². The van der Waals surface area contributed by atoms with Gasteiger partial charge in [0.25, 0.3) is 0 Å². The topological polar surface area (TPSA) is 29.5 Å². The van der Waals surface area contributed by atoms with Gasteiger partial charge in [0.15, 0.2) is 0 Å². The van der Waals surface area contributed by atoms with Gasteiger partial charge < -0.3 is 4.74 Å². The second-order valence-electron chi connectivity index (χ2n) is 4.83. The Kier molecular flexibility index (Phi) is 2.98. The van der Waals surface area contributed by atoms with Crippen LogP contribution in [0.2, 0.25) is 0 Å². The van der Waals surface area contributed by atoms with Crippen LogP contribution in [-0.2, 0) is 4.74 Å². The van der Waals surface area contributed by atoms with E-state index in [2.05, 4.69) is 19.9 Å². The minimum atomic E-state index is -0.141. The molecule has 0 aromatic heterocycles. The number of hydrogen-bond donors (Lipinski definition) is 0. The highest BCUT2D eigenvalue weighted by Crippen LogP contribution is 2.29. The standard InChI is InChI=1S/C12H19NO2/c1-9(2)7-11-8-10-5-3-4-6-13(10)12(14)15-11/h5,9,11H,3-4,6-8H2,1-2H3. The van der Waals surface area contributed by atoms with Gasteiger partial charge in [-0.1, -0.05) is 19.9 Å². The summed E-state index contributed by atoms with van der Waals surface area (Å²) < 4.78 is 5.41. The van der Waals surface area contributed by atoms with Gasteiger partial charge in [0.1, 0.15) is 6.10 Å². The zero-order chi connectivity index (χ0) is 10.8. The molecule has 3 heteroatoms. The summed E-state index contributed by atoms with van der Waals surface area (Å²) in [5.74, 6) is 0.582. The van der Waals surface area contributed by atoms with Gasteiger partial charge in [-0.3, -0.25) is 4.90 Å². The molecule has 0 bridgehead atoms. The molecule has 0 aliphatic carbocycles. The number of rotatable bonds is 2. The minimum Gasteiger partial charge on any atom is -0.445 e. The number of nitrogens with zero attached hydrogens (tertiary/aromatic N) is 1. The van der Waals surface area contributed by atoms with E-state index < -0.39 is 0 Å². The zero-order valence-electron chi connectivity index (χ0n) is 9.53. The molecule has 3 nitrogen and oxygen atoms in total. The molecule has 1 fully saturated rings. The summed E-state index contributed by atoms with van der Waals surface area (Å²) in [6, 6.07) is 0. The molecule has 0 aromatic carbocycles. The number of fused-ring (bicyclic) bond motifs is 1. The summed E-state index contributed by atoms with van der Waals surface area (Å²) in [7, 11) is 0. The molecule has 2 heterocycles. The summed E-state index contributed by atoms with van der Waals surface area (Å²) in [5, 5.41) is 0. The third-order valence-electron chi connectivity index (χ3n) is 2.97. The highest BCUT2D eigenvalue weighted by atomic mass is 16.6. The van der Waals surface area contributed by atoms with Crippen LogP contribution in [0.15, 0.2) is 11.8 Å². The lowest BCUT2D eigenvalue weighted by atomic mass is 9.98. The van der Waals surface area contributed by atoms with Crippen LogP contribution < -0.4 is 0 Å². The first-order chi connectivity index (χ1) is 7.16. The van der Waals surface area contributed by atoms with E-state index in [1.165, 1.54) is 5.70 Å². The maximum atomic E-state index is 11.7. The van der Waals surface area contributed by atoms with Crippen molar-refractivity contribution in [2.75, 3.05) is 6.54 Å². The van der Waals surface area contributed by atoms with E-state index in [-0.39, 0.29) is 12.2 Å². The Bertz CT molecular complexity index is 283. The van der Waals surface area contributed by atoms with E-state index >= 15 is 0 Å². The van der Waals surface area contributed by atoms with Gasteiger partial charge in [-0.05, 0) is 25.2 Å². The molecule has 2 aliphatic heterocycles. The van der Waals surface area contributed by atoms with Crippen LogP contribution in [0.3, 0.4) is 0 Å². The fraction of sp³-hybridized carbons (Fsp3) is 0.750. The third kappa shape index (κ3) is 2.33. The van der Waals surface area contributed by atoms with E-state index in [9.17, 15) is 4.79 Å². The lowest BCUT2D eigenvalue weighted by molar-refractivity contribution is 0.0324. The van der Waals surface area contributed by atoms with Crippen molar-refractivity contribution in [1.82, 2.24) is 4.90 Å². The fourth-order valence-electron chi connectivity index (χ4n) is 2.31. The van der Waals surface area contributed by atoms with Crippen molar-refractivity contribution in [2.24, 2.45) is 5.92 Å². The summed E-state index contributed by atoms with van der Waals surface area (Å²) in [5.41, 5.74) is 1.18. The molecular formula is C12H19NO2. The van der Waals surface area contributed by atoms with Crippen molar-refractivity contribution in [3.8, 4) is 0 Å². The maximum Gasteiger partial charge on any atom is 0.414 e. The molecule has 1 amide bonds. The van der Waals surface area contributed by atoms with Crippen molar-refractivity contribution in [3.63, 3.8) is 0 Å². The largest absolute Gasteiger partial charge is 0.445 e. The highest BCUT2D eigenvalue weighted by Gasteiger charge is 2.32. The predicted molar refractivity (Wildman–Crippen MR) is 58.4 cm³/mol. The van der Waals surface area contributed by atoms with E-state index in [4.69, 9.17) is 4.74 Å². The van der Waals surface area contributed by atoms with Crippen LogP contribution in [-0.4, -0.2) is 23.6 Å². The van der Waals surface area contributed by atoms with Gasteiger partial charge >= 0.3 is 6.09 Å². The van der Waals surface area contributed by atoms with Crippen LogP contribution >= 0.6 is 0 Å². The Balaban J connectivity index is 2.04. The smallest absolute Gasteiger partial charge is 0.414 e. The molecule has 84 valence electrons. The molecule has 0 aromatic rings. The van der Waals surface area contributed by atoms with Crippen molar-refractivity contribution >= 4 is 6.09 Å². The van der Waals surface area contributed by atoms with Crippen molar-refractivity contribution in [2.45, 2.75) is 45.6 Å². The second-order valence-corrected chi connectivity index (χ2v) is 4.83. The molecule has 2 aliphatic rings. The van der Waals surface area contributed by atoms with Crippen LogP contribution in [0, 0.1) is 5.92 Å². The zero-order valence-corrected chi connectivity index (χ0v) is 9.53. The van der Waals surface area contributed by atoms with Crippen LogP contribution in [0.4, 0.5) is 4.79 Å². The molecule has 0 saturated carbocycles. The van der Waals surface area contributed by atoms with Gasteiger partial charge in [0.05, 0.1) is 0 Å². The molecule has 1 saturated heterocycles. The van der Waals surface area contributed by atoms with E-state index in [0.29, 0.717) is 5.92 Å². The first-order valence-corrected chi connectivity index (χ1v) is 5.84. The van der Waals surface area contributed by atoms with Gasteiger partial charge in [0.2, 0.25) is 0 Å². The molecule has 15 heavy (non-hydrogen) atoms. The number of allylic oxidation sites excluding steroid dienone is 1.